The van der Waals surface area contributed by atoms with Crippen molar-refractivity contribution < 1.29 is 14.6 Å². The number of aromatic amines is 1. The molecule has 0 radical (unpaired) electrons. The summed E-state index contributed by atoms with van der Waals surface area (Å²) in [4.78, 5) is 13.6. The van der Waals surface area contributed by atoms with Gasteiger partial charge in [0.05, 0.1) is 12.7 Å². The van der Waals surface area contributed by atoms with Crippen LogP contribution in [0.1, 0.15) is 10.4 Å². The standard InChI is InChI=1S/C12H11NO3/c1-16-10-4-2-3-8(5-10)11-6-9(7-13-11)12(14)15/h2-7,13H,1H3,(H,14,15). The third-order valence-electron chi connectivity index (χ3n) is 2.31. The van der Waals surface area contributed by atoms with Gasteiger partial charge in [-0.25, -0.2) is 4.79 Å². The summed E-state index contributed by atoms with van der Waals surface area (Å²) in [6.07, 6.45) is 1.47. The van der Waals surface area contributed by atoms with Gasteiger partial charge in [-0.15, -0.1) is 0 Å². The van der Waals surface area contributed by atoms with Crippen LogP contribution in [-0.4, -0.2) is 23.2 Å². The third-order valence-corrected chi connectivity index (χ3v) is 2.31. The second-order valence-corrected chi connectivity index (χ2v) is 3.34. The molecule has 0 unspecified atom stereocenters. The van der Waals surface area contributed by atoms with Gasteiger partial charge >= 0.3 is 5.97 Å². The van der Waals surface area contributed by atoms with Gasteiger partial charge in [0.15, 0.2) is 0 Å². The summed E-state index contributed by atoms with van der Waals surface area (Å²) in [6.45, 7) is 0. The van der Waals surface area contributed by atoms with Crippen LogP contribution in [0.15, 0.2) is 36.5 Å². The summed E-state index contributed by atoms with van der Waals surface area (Å²) in [7, 11) is 1.59. The van der Waals surface area contributed by atoms with Crippen LogP contribution >= 0.6 is 0 Å². The molecule has 1 aromatic heterocycles. The number of rotatable bonds is 3. The highest BCUT2D eigenvalue weighted by Gasteiger charge is 2.07. The summed E-state index contributed by atoms with van der Waals surface area (Å²) < 4.78 is 5.10. The Morgan fingerprint density at radius 2 is 2.19 bits per heavy atom. The van der Waals surface area contributed by atoms with Crippen LogP contribution in [0.3, 0.4) is 0 Å². The highest BCUT2D eigenvalue weighted by molar-refractivity contribution is 5.89. The molecule has 0 saturated carbocycles. The van der Waals surface area contributed by atoms with Gasteiger partial charge in [-0.2, -0.15) is 0 Å². The van der Waals surface area contributed by atoms with Crippen molar-refractivity contribution in [1.29, 1.82) is 0 Å². The summed E-state index contributed by atoms with van der Waals surface area (Å²) in [5.74, 6) is -0.200. The first kappa shape index (κ1) is 10.3. The van der Waals surface area contributed by atoms with E-state index in [9.17, 15) is 4.79 Å². The Hall–Kier alpha value is -2.23. The zero-order chi connectivity index (χ0) is 11.5. The van der Waals surface area contributed by atoms with Crippen molar-refractivity contribution in [2.75, 3.05) is 7.11 Å². The van der Waals surface area contributed by atoms with Crippen LogP contribution in [0, 0.1) is 0 Å². The Balaban J connectivity index is 2.38. The van der Waals surface area contributed by atoms with Gasteiger partial charge in [0.25, 0.3) is 0 Å². The van der Waals surface area contributed by atoms with E-state index in [4.69, 9.17) is 9.84 Å². The van der Waals surface area contributed by atoms with Gasteiger partial charge in [0.1, 0.15) is 5.75 Å². The van der Waals surface area contributed by atoms with Crippen molar-refractivity contribution in [3.63, 3.8) is 0 Å². The summed E-state index contributed by atoms with van der Waals surface area (Å²) in [5.41, 5.74) is 1.90. The number of carbonyl (C=O) groups is 1. The largest absolute Gasteiger partial charge is 0.497 e. The average molecular weight is 217 g/mol. The predicted octanol–water partition coefficient (Wildman–Crippen LogP) is 2.39. The molecule has 0 aliphatic heterocycles. The zero-order valence-electron chi connectivity index (χ0n) is 8.73. The van der Waals surface area contributed by atoms with Crippen LogP contribution in [0.25, 0.3) is 11.3 Å². The molecule has 2 rings (SSSR count). The molecule has 0 aliphatic carbocycles. The Bertz CT molecular complexity index is 516. The molecule has 1 heterocycles. The van der Waals surface area contributed by atoms with Crippen LogP contribution in [-0.2, 0) is 0 Å². The first-order chi connectivity index (χ1) is 7.70. The van der Waals surface area contributed by atoms with E-state index in [1.165, 1.54) is 6.20 Å². The second-order valence-electron chi connectivity index (χ2n) is 3.34. The zero-order valence-corrected chi connectivity index (χ0v) is 8.73. The van der Waals surface area contributed by atoms with Crippen molar-refractivity contribution in [2.24, 2.45) is 0 Å². The number of nitrogens with one attached hydrogen (secondary N) is 1. The molecule has 0 amide bonds. The number of hydrogen-bond acceptors (Lipinski definition) is 2. The Kier molecular flexibility index (Phi) is 2.64. The van der Waals surface area contributed by atoms with E-state index < -0.39 is 5.97 Å². The molecule has 16 heavy (non-hydrogen) atoms. The number of hydrogen-bond donors (Lipinski definition) is 2. The van der Waals surface area contributed by atoms with Gasteiger partial charge in [-0.3, -0.25) is 0 Å². The molecule has 0 atom stereocenters. The molecule has 0 fully saturated rings. The molecular weight excluding hydrogens is 206 g/mol. The number of carboxylic acids is 1. The molecule has 0 saturated heterocycles. The van der Waals surface area contributed by atoms with E-state index in [1.54, 1.807) is 13.2 Å². The SMILES string of the molecule is COc1cccc(-c2cc(C(=O)O)c[nH]2)c1. The maximum atomic E-state index is 10.7. The van der Waals surface area contributed by atoms with E-state index in [-0.39, 0.29) is 5.56 Å². The lowest BCUT2D eigenvalue weighted by Gasteiger charge is -2.01. The van der Waals surface area contributed by atoms with Gasteiger partial charge < -0.3 is 14.8 Å². The number of carboxylic acid groups (broad SMARTS) is 1. The van der Waals surface area contributed by atoms with Gasteiger partial charge in [-0.1, -0.05) is 12.1 Å². The number of H-pyrrole nitrogens is 1. The molecule has 82 valence electrons. The molecule has 4 nitrogen and oxygen atoms in total. The Morgan fingerprint density at radius 1 is 1.38 bits per heavy atom. The highest BCUT2D eigenvalue weighted by Crippen LogP contribution is 2.23. The van der Waals surface area contributed by atoms with Crippen molar-refractivity contribution in [1.82, 2.24) is 4.98 Å². The third kappa shape index (κ3) is 1.91. The molecule has 1 aromatic carbocycles. The first-order valence-corrected chi connectivity index (χ1v) is 4.77. The Morgan fingerprint density at radius 3 is 2.81 bits per heavy atom. The monoisotopic (exact) mass is 217 g/mol. The lowest BCUT2D eigenvalue weighted by molar-refractivity contribution is 0.0697. The molecule has 0 bridgehead atoms. The van der Waals surface area contributed by atoms with E-state index in [2.05, 4.69) is 4.98 Å². The maximum Gasteiger partial charge on any atom is 0.337 e. The minimum Gasteiger partial charge on any atom is -0.497 e. The molecular formula is C12H11NO3. The van der Waals surface area contributed by atoms with Crippen molar-refractivity contribution in [3.8, 4) is 17.0 Å². The fraction of sp³-hybridized carbons (Fsp3) is 0.0833. The topological polar surface area (TPSA) is 62.3 Å². The predicted molar refractivity (Wildman–Crippen MR) is 59.7 cm³/mol. The number of ether oxygens (including phenoxy) is 1. The normalized spacial score (nSPS) is 10.1. The number of benzene rings is 1. The summed E-state index contributed by atoms with van der Waals surface area (Å²) in [6, 6.07) is 9.02. The van der Waals surface area contributed by atoms with Gasteiger partial charge in [-0.05, 0) is 18.2 Å². The van der Waals surface area contributed by atoms with E-state index in [1.807, 2.05) is 24.3 Å². The lowest BCUT2D eigenvalue weighted by atomic mass is 10.1. The van der Waals surface area contributed by atoms with Crippen molar-refractivity contribution >= 4 is 5.97 Å². The molecule has 2 N–H and O–H groups in total. The molecule has 4 heteroatoms. The van der Waals surface area contributed by atoms with Gasteiger partial charge in [0.2, 0.25) is 0 Å². The van der Waals surface area contributed by atoms with Crippen LogP contribution in [0.2, 0.25) is 0 Å². The van der Waals surface area contributed by atoms with Crippen LogP contribution < -0.4 is 4.74 Å². The second kappa shape index (κ2) is 4.10. The molecule has 2 aromatic rings. The first-order valence-electron chi connectivity index (χ1n) is 4.77. The average Bonchev–Trinajstić information content (AvgIpc) is 2.78. The molecule has 0 aliphatic rings. The van der Waals surface area contributed by atoms with Crippen LogP contribution in [0.4, 0.5) is 0 Å². The quantitative estimate of drug-likeness (QED) is 0.829. The van der Waals surface area contributed by atoms with E-state index >= 15 is 0 Å². The minimum atomic E-state index is -0.939. The lowest BCUT2D eigenvalue weighted by Crippen LogP contribution is -1.91. The number of methoxy groups -OCH3 is 1. The Labute approximate surface area is 92.5 Å². The van der Waals surface area contributed by atoms with Crippen molar-refractivity contribution in [3.05, 3.63) is 42.1 Å². The summed E-state index contributed by atoms with van der Waals surface area (Å²) in [5, 5.41) is 8.80. The fourth-order valence-corrected chi connectivity index (χ4v) is 1.48. The van der Waals surface area contributed by atoms with E-state index in [0.29, 0.717) is 0 Å². The molecule has 0 spiro atoms. The summed E-state index contributed by atoms with van der Waals surface area (Å²) >= 11 is 0. The van der Waals surface area contributed by atoms with Crippen LogP contribution in [0.5, 0.6) is 5.75 Å². The van der Waals surface area contributed by atoms with Crippen molar-refractivity contribution in [2.45, 2.75) is 0 Å². The maximum absolute atomic E-state index is 10.7. The minimum absolute atomic E-state index is 0.248. The fourth-order valence-electron chi connectivity index (χ4n) is 1.48. The van der Waals surface area contributed by atoms with Gasteiger partial charge in [0, 0.05) is 17.5 Å². The highest BCUT2D eigenvalue weighted by atomic mass is 16.5. The number of aromatic nitrogens is 1. The van der Waals surface area contributed by atoms with E-state index in [0.717, 1.165) is 17.0 Å². The number of aromatic carboxylic acids is 1. The smallest absolute Gasteiger partial charge is 0.337 e.